The summed E-state index contributed by atoms with van der Waals surface area (Å²) in [5.41, 5.74) is 0.204. The van der Waals surface area contributed by atoms with Crippen molar-refractivity contribution in [2.24, 2.45) is 0 Å². The predicted octanol–water partition coefficient (Wildman–Crippen LogP) is 4.68. The fourth-order valence-electron chi connectivity index (χ4n) is 2.23. The van der Waals surface area contributed by atoms with E-state index in [-0.39, 0.29) is 12.8 Å². The molecule has 1 heterocycles. The second-order valence-corrected chi connectivity index (χ2v) is 5.35. The largest absolute Gasteiger partial charge is 0.458 e. The van der Waals surface area contributed by atoms with Crippen molar-refractivity contribution >= 4 is 11.0 Å². The number of fused-ring (bicyclic) bond motifs is 1. The number of alkyl halides is 3. The molecule has 0 spiro atoms. The second kappa shape index (κ2) is 5.13. The van der Waals surface area contributed by atoms with Gasteiger partial charge in [-0.15, -0.1) is 0 Å². The minimum Gasteiger partial charge on any atom is -0.458 e. The summed E-state index contributed by atoms with van der Waals surface area (Å²) in [5, 5.41) is 11.2. The van der Waals surface area contributed by atoms with E-state index in [9.17, 15) is 18.3 Å². The van der Waals surface area contributed by atoms with E-state index < -0.39 is 18.2 Å². The van der Waals surface area contributed by atoms with Gasteiger partial charge in [-0.05, 0) is 38.3 Å². The van der Waals surface area contributed by atoms with E-state index in [1.54, 1.807) is 6.07 Å². The monoisotopic (exact) mass is 286 g/mol. The molecule has 2 nitrogen and oxygen atoms in total. The van der Waals surface area contributed by atoms with Crippen molar-refractivity contribution < 1.29 is 22.7 Å². The number of halogens is 3. The van der Waals surface area contributed by atoms with E-state index in [0.717, 1.165) is 10.9 Å². The van der Waals surface area contributed by atoms with Crippen molar-refractivity contribution in [2.75, 3.05) is 0 Å². The fourth-order valence-corrected chi connectivity index (χ4v) is 2.23. The summed E-state index contributed by atoms with van der Waals surface area (Å²) in [5.74, 6) is 0.309. The Hall–Kier alpha value is -1.49. The lowest BCUT2D eigenvalue weighted by atomic mass is 9.96. The molecule has 2 rings (SSSR count). The van der Waals surface area contributed by atoms with Crippen molar-refractivity contribution in [3.05, 3.63) is 35.6 Å². The summed E-state index contributed by atoms with van der Waals surface area (Å²) in [6, 6.07) is 7.29. The van der Waals surface area contributed by atoms with Crippen LogP contribution in [0.3, 0.4) is 0 Å². The molecule has 110 valence electrons. The molecule has 5 heteroatoms. The van der Waals surface area contributed by atoms with Gasteiger partial charge in [0, 0.05) is 11.8 Å². The first-order valence-corrected chi connectivity index (χ1v) is 6.48. The third-order valence-corrected chi connectivity index (χ3v) is 3.40. The first-order valence-electron chi connectivity index (χ1n) is 6.48. The molecule has 0 aliphatic heterocycles. The predicted molar refractivity (Wildman–Crippen MR) is 70.4 cm³/mol. The first-order chi connectivity index (χ1) is 9.19. The molecule has 0 radical (unpaired) electrons. The zero-order valence-corrected chi connectivity index (χ0v) is 11.4. The van der Waals surface area contributed by atoms with E-state index in [1.807, 2.05) is 25.1 Å². The smallest absolute Gasteiger partial charge is 0.389 e. The highest BCUT2D eigenvalue weighted by atomic mass is 19.4. The number of aryl methyl sites for hydroxylation is 1. The minimum atomic E-state index is -4.19. The van der Waals surface area contributed by atoms with Crippen molar-refractivity contribution in [3.63, 3.8) is 0 Å². The van der Waals surface area contributed by atoms with Gasteiger partial charge in [0.15, 0.2) is 0 Å². The first kappa shape index (κ1) is 14.9. The van der Waals surface area contributed by atoms with E-state index in [2.05, 4.69) is 0 Å². The molecule has 1 aromatic heterocycles. The maximum absolute atomic E-state index is 12.1. The molecule has 0 aliphatic carbocycles. The zero-order valence-electron chi connectivity index (χ0n) is 11.4. The van der Waals surface area contributed by atoms with Gasteiger partial charge in [-0.25, -0.2) is 0 Å². The van der Waals surface area contributed by atoms with Crippen LogP contribution in [0, 0.1) is 6.92 Å². The van der Waals surface area contributed by atoms with Crippen LogP contribution in [0.25, 0.3) is 11.0 Å². The fraction of sp³-hybridized carbons (Fsp3) is 0.467. The number of para-hydroxylation sites is 1. The summed E-state index contributed by atoms with van der Waals surface area (Å²) in [6.45, 7) is 3.37. The lowest BCUT2D eigenvalue weighted by Crippen LogP contribution is -2.21. The Bertz CT molecular complexity index is 597. The maximum atomic E-state index is 12.1. The van der Waals surface area contributed by atoms with Crippen molar-refractivity contribution in [3.8, 4) is 0 Å². The van der Waals surface area contributed by atoms with E-state index in [4.69, 9.17) is 4.42 Å². The number of rotatable bonds is 4. The van der Waals surface area contributed by atoms with Crippen LogP contribution in [-0.4, -0.2) is 11.3 Å². The Morgan fingerprint density at radius 3 is 2.50 bits per heavy atom. The summed E-state index contributed by atoms with van der Waals surface area (Å²) in [7, 11) is 0. The van der Waals surface area contributed by atoms with Crippen LogP contribution < -0.4 is 0 Å². The lowest BCUT2D eigenvalue weighted by Gasteiger charge is -2.20. The Kier molecular flexibility index (Phi) is 3.82. The Balaban J connectivity index is 2.17. The summed E-state index contributed by atoms with van der Waals surface area (Å²) in [6.07, 6.45) is -5.22. The average Bonchev–Trinajstić information content (AvgIpc) is 2.73. The molecule has 1 aromatic carbocycles. The quantitative estimate of drug-likeness (QED) is 0.885. The molecule has 0 fully saturated rings. The summed E-state index contributed by atoms with van der Waals surface area (Å²) >= 11 is 0. The van der Waals surface area contributed by atoms with Gasteiger partial charge >= 0.3 is 6.18 Å². The van der Waals surface area contributed by atoms with Gasteiger partial charge in [-0.3, -0.25) is 0 Å². The molecule has 0 saturated carbocycles. The molecule has 0 saturated heterocycles. The molecule has 20 heavy (non-hydrogen) atoms. The topological polar surface area (TPSA) is 33.4 Å². The van der Waals surface area contributed by atoms with Crippen LogP contribution in [0.15, 0.2) is 28.7 Å². The number of furan rings is 1. The van der Waals surface area contributed by atoms with E-state index in [0.29, 0.717) is 11.3 Å². The highest BCUT2D eigenvalue weighted by molar-refractivity contribution is 5.81. The van der Waals surface area contributed by atoms with Crippen LogP contribution in [0.2, 0.25) is 0 Å². The normalized spacial score (nSPS) is 15.5. The van der Waals surface area contributed by atoms with Gasteiger partial charge in [-0.2, -0.15) is 13.2 Å². The van der Waals surface area contributed by atoms with Crippen LogP contribution in [-0.2, 0) is 5.60 Å². The van der Waals surface area contributed by atoms with Crippen molar-refractivity contribution in [2.45, 2.75) is 44.9 Å². The maximum Gasteiger partial charge on any atom is 0.389 e. The van der Waals surface area contributed by atoms with E-state index in [1.165, 1.54) is 6.92 Å². The molecule has 2 aromatic rings. The highest BCUT2D eigenvalue weighted by Gasteiger charge is 2.31. The van der Waals surface area contributed by atoms with Crippen LogP contribution in [0.1, 0.15) is 37.5 Å². The Labute approximate surface area is 115 Å². The lowest BCUT2D eigenvalue weighted by molar-refractivity contribution is -0.138. The molecule has 0 bridgehead atoms. The van der Waals surface area contributed by atoms with Crippen LogP contribution in [0.4, 0.5) is 13.2 Å². The van der Waals surface area contributed by atoms with Crippen molar-refractivity contribution in [1.29, 1.82) is 0 Å². The minimum absolute atomic E-state index is 0.00534. The number of hydrogen-bond acceptors (Lipinski definition) is 2. The Morgan fingerprint density at radius 2 is 1.90 bits per heavy atom. The second-order valence-electron chi connectivity index (χ2n) is 5.35. The third kappa shape index (κ3) is 3.33. The molecular weight excluding hydrogens is 269 g/mol. The standard InChI is InChI=1S/C15H17F3O2/c1-10-5-3-6-11-9-12(20-13(10)11)14(2,19)7-4-8-15(16,17)18/h3,5-6,9,19H,4,7-8H2,1-2H3. The molecule has 1 unspecified atom stereocenters. The molecule has 0 amide bonds. The van der Waals surface area contributed by atoms with Gasteiger partial charge in [0.2, 0.25) is 0 Å². The van der Waals surface area contributed by atoms with Gasteiger partial charge in [0.25, 0.3) is 0 Å². The van der Waals surface area contributed by atoms with Gasteiger partial charge < -0.3 is 9.52 Å². The molecular formula is C15H17F3O2. The average molecular weight is 286 g/mol. The van der Waals surface area contributed by atoms with Crippen molar-refractivity contribution in [1.82, 2.24) is 0 Å². The van der Waals surface area contributed by atoms with E-state index >= 15 is 0 Å². The van der Waals surface area contributed by atoms with Crippen LogP contribution in [0.5, 0.6) is 0 Å². The highest BCUT2D eigenvalue weighted by Crippen LogP contribution is 2.34. The number of benzene rings is 1. The number of aliphatic hydroxyl groups is 1. The zero-order chi connectivity index (χ0) is 15.0. The molecule has 1 N–H and O–H groups in total. The summed E-state index contributed by atoms with van der Waals surface area (Å²) < 4.78 is 42.1. The Morgan fingerprint density at radius 1 is 1.20 bits per heavy atom. The number of hydrogen-bond donors (Lipinski definition) is 1. The van der Waals surface area contributed by atoms with Gasteiger partial charge in [0.1, 0.15) is 16.9 Å². The van der Waals surface area contributed by atoms with Crippen LogP contribution >= 0.6 is 0 Å². The van der Waals surface area contributed by atoms with Gasteiger partial charge in [-0.1, -0.05) is 18.2 Å². The van der Waals surface area contributed by atoms with Gasteiger partial charge in [0.05, 0.1) is 0 Å². The summed E-state index contributed by atoms with van der Waals surface area (Å²) in [4.78, 5) is 0. The SMILES string of the molecule is Cc1cccc2cc(C(C)(O)CCCC(F)(F)F)oc12. The molecule has 1 atom stereocenters. The molecule has 0 aliphatic rings. The third-order valence-electron chi connectivity index (χ3n) is 3.40.